The van der Waals surface area contributed by atoms with Crippen LogP contribution in [-0.4, -0.2) is 43.5 Å². The van der Waals surface area contributed by atoms with Crippen LogP contribution in [0.4, 0.5) is 0 Å². The van der Waals surface area contributed by atoms with Crippen molar-refractivity contribution in [2.24, 2.45) is 11.1 Å². The Kier molecular flexibility index (Phi) is 11.0. The monoisotopic (exact) mass is 313 g/mol. The number of nitrogens with two attached hydrogens (primary N) is 1. The van der Waals surface area contributed by atoms with Crippen LogP contribution < -0.4 is 11.1 Å². The van der Waals surface area contributed by atoms with Crippen molar-refractivity contribution < 1.29 is 4.79 Å². The average molecular weight is 314 g/mol. The minimum atomic E-state index is -0.364. The van der Waals surface area contributed by atoms with E-state index >= 15 is 0 Å². The van der Waals surface area contributed by atoms with Crippen molar-refractivity contribution in [2.75, 3.05) is 26.7 Å². The molecule has 19 heavy (non-hydrogen) atoms. The second kappa shape index (κ2) is 9.81. The van der Waals surface area contributed by atoms with E-state index in [1.54, 1.807) is 0 Å². The van der Waals surface area contributed by atoms with Gasteiger partial charge < -0.3 is 16.0 Å². The van der Waals surface area contributed by atoms with E-state index in [2.05, 4.69) is 17.3 Å². The van der Waals surface area contributed by atoms with Crippen molar-refractivity contribution in [3.8, 4) is 0 Å². The largest absolute Gasteiger partial charge is 0.354 e. The van der Waals surface area contributed by atoms with Gasteiger partial charge in [0, 0.05) is 19.1 Å². The normalized spacial score (nSPS) is 19.5. The van der Waals surface area contributed by atoms with Gasteiger partial charge in [-0.25, -0.2) is 0 Å². The Morgan fingerprint density at radius 1 is 1.37 bits per heavy atom. The van der Waals surface area contributed by atoms with Gasteiger partial charge in [0.05, 0.1) is 5.41 Å². The van der Waals surface area contributed by atoms with Gasteiger partial charge in [-0.05, 0) is 39.3 Å². The first kappa shape index (κ1) is 21.3. The van der Waals surface area contributed by atoms with Gasteiger partial charge in [-0.2, -0.15) is 0 Å². The summed E-state index contributed by atoms with van der Waals surface area (Å²) in [5.74, 6) is 0.130. The lowest BCUT2D eigenvalue weighted by Crippen LogP contribution is -2.48. The molecule has 0 aliphatic carbocycles. The Morgan fingerprint density at radius 2 is 1.95 bits per heavy atom. The number of amides is 1. The van der Waals surface area contributed by atoms with Gasteiger partial charge in [-0.15, -0.1) is 24.8 Å². The molecule has 1 atom stereocenters. The smallest absolute Gasteiger partial charge is 0.227 e. The number of carbonyl (C=O) groups is 1. The molecule has 1 aliphatic heterocycles. The van der Waals surface area contributed by atoms with Crippen LogP contribution in [0.1, 0.15) is 39.5 Å². The lowest BCUT2D eigenvalue weighted by Gasteiger charge is -2.30. The number of hydrogen-bond acceptors (Lipinski definition) is 3. The molecular weight excluding hydrogens is 285 g/mol. The Balaban J connectivity index is 0. The summed E-state index contributed by atoms with van der Waals surface area (Å²) >= 11 is 0. The van der Waals surface area contributed by atoms with Gasteiger partial charge in [-0.3, -0.25) is 4.79 Å². The number of likely N-dealkylation sites (N-methyl/N-ethyl adjacent to an activating group) is 1. The van der Waals surface area contributed by atoms with Crippen molar-refractivity contribution in [3.05, 3.63) is 0 Å². The summed E-state index contributed by atoms with van der Waals surface area (Å²) in [4.78, 5) is 14.5. The molecule has 0 radical (unpaired) electrons. The maximum absolute atomic E-state index is 12.2. The van der Waals surface area contributed by atoms with Crippen molar-refractivity contribution in [2.45, 2.75) is 45.6 Å². The van der Waals surface area contributed by atoms with Gasteiger partial charge in [0.1, 0.15) is 0 Å². The Morgan fingerprint density at radius 3 is 2.32 bits per heavy atom. The lowest BCUT2D eigenvalue weighted by molar-refractivity contribution is -0.131. The molecule has 0 saturated carbocycles. The SMILES string of the molecule is CCC(CC)(CN)C(=O)NCC1CCCN1C.Cl.Cl. The third-order valence-electron chi connectivity index (χ3n) is 4.40. The molecule has 116 valence electrons. The van der Waals surface area contributed by atoms with Crippen molar-refractivity contribution in [1.29, 1.82) is 0 Å². The molecule has 3 N–H and O–H groups in total. The number of nitrogens with one attached hydrogen (secondary N) is 1. The first-order valence-corrected chi connectivity index (χ1v) is 6.78. The molecule has 0 aromatic heterocycles. The second-order valence-electron chi connectivity index (χ2n) is 5.18. The van der Waals surface area contributed by atoms with Crippen LogP contribution in [0.2, 0.25) is 0 Å². The second-order valence-corrected chi connectivity index (χ2v) is 5.18. The maximum Gasteiger partial charge on any atom is 0.227 e. The van der Waals surface area contributed by atoms with Crippen LogP contribution in [0.15, 0.2) is 0 Å². The maximum atomic E-state index is 12.2. The summed E-state index contributed by atoms with van der Waals surface area (Å²) in [5, 5.41) is 3.09. The molecule has 4 nitrogen and oxygen atoms in total. The van der Waals surface area contributed by atoms with Crippen LogP contribution in [-0.2, 0) is 4.79 Å². The van der Waals surface area contributed by atoms with E-state index in [-0.39, 0.29) is 36.1 Å². The summed E-state index contributed by atoms with van der Waals surface area (Å²) in [6, 6.07) is 0.503. The summed E-state index contributed by atoms with van der Waals surface area (Å²) in [6.45, 7) is 6.42. The van der Waals surface area contributed by atoms with Crippen LogP contribution in [0.25, 0.3) is 0 Å². The Hall–Kier alpha value is -0.0300. The standard InChI is InChI=1S/C13H27N3O.2ClH/c1-4-13(5-2,10-14)12(17)15-9-11-7-6-8-16(11)3;;/h11H,4-10,14H2,1-3H3,(H,15,17);2*1H. The molecular formula is C13H29Cl2N3O. The quantitative estimate of drug-likeness (QED) is 0.786. The molecule has 0 aromatic carbocycles. The van der Waals surface area contributed by atoms with E-state index in [0.717, 1.165) is 25.9 Å². The molecule has 1 amide bonds. The number of nitrogens with zero attached hydrogens (tertiary/aromatic N) is 1. The fourth-order valence-corrected chi connectivity index (χ4v) is 2.59. The fourth-order valence-electron chi connectivity index (χ4n) is 2.59. The third-order valence-corrected chi connectivity index (χ3v) is 4.40. The minimum Gasteiger partial charge on any atom is -0.354 e. The zero-order chi connectivity index (χ0) is 12.9. The number of likely N-dealkylation sites (tertiary alicyclic amines) is 1. The number of halogens is 2. The number of rotatable bonds is 6. The lowest BCUT2D eigenvalue weighted by atomic mass is 9.81. The van der Waals surface area contributed by atoms with Crippen molar-refractivity contribution >= 4 is 30.7 Å². The zero-order valence-electron chi connectivity index (χ0n) is 12.3. The molecule has 1 fully saturated rings. The minimum absolute atomic E-state index is 0. The molecule has 6 heteroatoms. The van der Waals surface area contributed by atoms with Gasteiger partial charge in [0.2, 0.25) is 5.91 Å². The zero-order valence-corrected chi connectivity index (χ0v) is 13.9. The first-order valence-electron chi connectivity index (χ1n) is 6.78. The average Bonchev–Trinajstić information content (AvgIpc) is 2.75. The highest BCUT2D eigenvalue weighted by molar-refractivity contribution is 5.85. The highest BCUT2D eigenvalue weighted by Crippen LogP contribution is 2.25. The van der Waals surface area contributed by atoms with Crippen molar-refractivity contribution in [1.82, 2.24) is 10.2 Å². The predicted octanol–water partition coefficient (Wildman–Crippen LogP) is 1.81. The predicted molar refractivity (Wildman–Crippen MR) is 85.2 cm³/mol. The summed E-state index contributed by atoms with van der Waals surface area (Å²) in [7, 11) is 2.12. The molecule has 0 bridgehead atoms. The van der Waals surface area contributed by atoms with Crippen LogP contribution in [0.3, 0.4) is 0 Å². The number of carbonyl (C=O) groups excluding carboxylic acids is 1. The molecule has 1 aliphatic rings. The van der Waals surface area contributed by atoms with Gasteiger partial charge >= 0.3 is 0 Å². The van der Waals surface area contributed by atoms with Crippen LogP contribution >= 0.6 is 24.8 Å². The van der Waals surface area contributed by atoms with Gasteiger partial charge in [-0.1, -0.05) is 13.8 Å². The van der Waals surface area contributed by atoms with E-state index in [4.69, 9.17) is 5.73 Å². The summed E-state index contributed by atoms with van der Waals surface area (Å²) < 4.78 is 0. The van der Waals surface area contributed by atoms with E-state index in [0.29, 0.717) is 12.6 Å². The van der Waals surface area contributed by atoms with E-state index < -0.39 is 0 Å². The molecule has 1 saturated heterocycles. The summed E-state index contributed by atoms with van der Waals surface area (Å²) in [6.07, 6.45) is 4.05. The van der Waals surface area contributed by atoms with E-state index in [9.17, 15) is 4.79 Å². The highest BCUT2D eigenvalue weighted by atomic mass is 35.5. The fraction of sp³-hybridized carbons (Fsp3) is 0.923. The molecule has 0 aromatic rings. The van der Waals surface area contributed by atoms with Crippen molar-refractivity contribution in [3.63, 3.8) is 0 Å². The topological polar surface area (TPSA) is 58.4 Å². The van der Waals surface area contributed by atoms with E-state index in [1.807, 2.05) is 13.8 Å². The van der Waals surface area contributed by atoms with Crippen LogP contribution in [0, 0.1) is 5.41 Å². The molecule has 0 spiro atoms. The molecule has 1 heterocycles. The number of hydrogen-bond donors (Lipinski definition) is 2. The first-order chi connectivity index (χ1) is 8.09. The molecule has 1 rings (SSSR count). The van der Waals surface area contributed by atoms with E-state index in [1.165, 1.54) is 12.8 Å². The molecule has 1 unspecified atom stereocenters. The van der Waals surface area contributed by atoms with Gasteiger partial charge in [0.15, 0.2) is 0 Å². The summed E-state index contributed by atoms with van der Waals surface area (Å²) in [5.41, 5.74) is 5.41. The third kappa shape index (κ3) is 5.10. The van der Waals surface area contributed by atoms with Gasteiger partial charge in [0.25, 0.3) is 0 Å². The highest BCUT2D eigenvalue weighted by Gasteiger charge is 2.33. The van der Waals surface area contributed by atoms with Crippen LogP contribution in [0.5, 0.6) is 0 Å². The Labute approximate surface area is 129 Å². The Bertz CT molecular complexity index is 252.